The molecule has 6 nitrogen and oxygen atoms in total. The van der Waals surface area contributed by atoms with Crippen molar-refractivity contribution >= 4 is 28.5 Å². The fourth-order valence-corrected chi connectivity index (χ4v) is 2.90. The number of likely N-dealkylation sites (tertiary alicyclic amines) is 1. The van der Waals surface area contributed by atoms with Crippen molar-refractivity contribution in [2.45, 2.75) is 26.7 Å². The van der Waals surface area contributed by atoms with E-state index < -0.39 is 11.4 Å². The van der Waals surface area contributed by atoms with Crippen molar-refractivity contribution in [3.05, 3.63) is 11.6 Å². The van der Waals surface area contributed by atoms with E-state index in [0.29, 0.717) is 18.2 Å². The first-order chi connectivity index (χ1) is 9.41. The monoisotopic (exact) mass is 297 g/mol. The highest BCUT2D eigenvalue weighted by Gasteiger charge is 2.40. The zero-order valence-corrected chi connectivity index (χ0v) is 12.4. The number of nitrogens with one attached hydrogen (secondary N) is 1. The smallest absolute Gasteiger partial charge is 0.323 e. The van der Waals surface area contributed by atoms with Crippen LogP contribution in [0.15, 0.2) is 11.6 Å². The van der Waals surface area contributed by atoms with Crippen molar-refractivity contribution in [3.8, 4) is 0 Å². The van der Waals surface area contributed by atoms with Gasteiger partial charge in [-0.15, -0.1) is 11.3 Å². The number of urea groups is 1. The number of carboxylic acids is 1. The molecule has 20 heavy (non-hydrogen) atoms. The number of nitrogens with zero attached hydrogens (tertiary/aromatic N) is 2. The van der Waals surface area contributed by atoms with E-state index in [9.17, 15) is 14.7 Å². The molecule has 0 radical (unpaired) electrons. The van der Waals surface area contributed by atoms with E-state index in [2.05, 4.69) is 10.3 Å². The number of carboxylic acid groups (broad SMARTS) is 1. The molecular formula is C13H19N3O3S. The molecule has 2 N–H and O–H groups in total. The van der Waals surface area contributed by atoms with E-state index in [1.54, 1.807) is 30.3 Å². The van der Waals surface area contributed by atoms with Crippen LogP contribution in [0.25, 0.3) is 0 Å². The van der Waals surface area contributed by atoms with Gasteiger partial charge in [0, 0.05) is 24.7 Å². The summed E-state index contributed by atoms with van der Waals surface area (Å²) in [5.41, 5.74) is -0.819. The van der Waals surface area contributed by atoms with E-state index >= 15 is 0 Å². The zero-order chi connectivity index (χ0) is 14.8. The first kappa shape index (κ1) is 14.8. The highest BCUT2D eigenvalue weighted by Crippen LogP contribution is 2.34. The van der Waals surface area contributed by atoms with Crippen LogP contribution in [0.3, 0.4) is 0 Å². The van der Waals surface area contributed by atoms with Gasteiger partial charge < -0.3 is 10.0 Å². The van der Waals surface area contributed by atoms with E-state index in [1.807, 2.05) is 0 Å². The standard InChI is InChI=1S/C13H19N3O3S/c1-13(2,10(17)18)9-4-3-6-16(8-9)12(19)15-11-14-5-7-20-11/h5,7,9H,3-4,6,8H2,1-2H3,(H,17,18)(H,14,15,19). The van der Waals surface area contributed by atoms with E-state index in [1.165, 1.54) is 11.3 Å². The third-order valence-electron chi connectivity index (χ3n) is 3.93. The molecular weight excluding hydrogens is 278 g/mol. The summed E-state index contributed by atoms with van der Waals surface area (Å²) >= 11 is 1.36. The Kier molecular flexibility index (Phi) is 4.27. The predicted molar refractivity (Wildman–Crippen MR) is 76.8 cm³/mol. The van der Waals surface area contributed by atoms with Crippen LogP contribution >= 0.6 is 11.3 Å². The molecule has 110 valence electrons. The highest BCUT2D eigenvalue weighted by molar-refractivity contribution is 7.13. The first-order valence-corrected chi connectivity index (χ1v) is 7.48. The van der Waals surface area contributed by atoms with Crippen LogP contribution in [-0.2, 0) is 4.79 Å². The second-order valence-corrected chi connectivity index (χ2v) is 6.47. The summed E-state index contributed by atoms with van der Waals surface area (Å²) in [5.74, 6) is -0.847. The largest absolute Gasteiger partial charge is 0.481 e. The number of aromatic nitrogens is 1. The Morgan fingerprint density at radius 3 is 2.90 bits per heavy atom. The highest BCUT2D eigenvalue weighted by atomic mass is 32.1. The van der Waals surface area contributed by atoms with Crippen molar-refractivity contribution in [3.63, 3.8) is 0 Å². The molecule has 1 aromatic heterocycles. The number of anilines is 1. The molecule has 2 heterocycles. The molecule has 1 aromatic rings. The summed E-state index contributed by atoms with van der Waals surface area (Å²) in [4.78, 5) is 29.2. The summed E-state index contributed by atoms with van der Waals surface area (Å²) in [7, 11) is 0. The third-order valence-corrected chi connectivity index (χ3v) is 4.62. The van der Waals surface area contributed by atoms with Crippen LogP contribution in [0.5, 0.6) is 0 Å². The minimum Gasteiger partial charge on any atom is -0.481 e. The number of amides is 2. The second-order valence-electron chi connectivity index (χ2n) is 5.58. The number of hydrogen-bond acceptors (Lipinski definition) is 4. The lowest BCUT2D eigenvalue weighted by atomic mass is 9.74. The number of carbonyl (C=O) groups is 2. The SMILES string of the molecule is CC(C)(C(=O)O)C1CCCN(C(=O)Nc2nccs2)C1. The van der Waals surface area contributed by atoms with Gasteiger partial charge in [0.05, 0.1) is 5.41 Å². The maximum absolute atomic E-state index is 12.1. The number of piperidine rings is 1. The van der Waals surface area contributed by atoms with Gasteiger partial charge in [0.2, 0.25) is 0 Å². The molecule has 7 heteroatoms. The molecule has 1 aliphatic heterocycles. The molecule has 1 fully saturated rings. The molecule has 1 atom stereocenters. The van der Waals surface area contributed by atoms with Gasteiger partial charge in [-0.2, -0.15) is 0 Å². The minimum atomic E-state index is -0.819. The van der Waals surface area contributed by atoms with Crippen molar-refractivity contribution < 1.29 is 14.7 Å². The van der Waals surface area contributed by atoms with Crippen molar-refractivity contribution in [2.24, 2.45) is 11.3 Å². The summed E-state index contributed by atoms with van der Waals surface area (Å²) in [6.45, 7) is 4.57. The maximum Gasteiger partial charge on any atom is 0.323 e. The Morgan fingerprint density at radius 1 is 1.55 bits per heavy atom. The lowest BCUT2D eigenvalue weighted by molar-refractivity contribution is -0.151. The average molecular weight is 297 g/mol. The number of hydrogen-bond donors (Lipinski definition) is 2. The Morgan fingerprint density at radius 2 is 2.30 bits per heavy atom. The minimum absolute atomic E-state index is 0.0317. The number of thiazole rings is 1. The number of rotatable bonds is 3. The van der Waals surface area contributed by atoms with Crippen LogP contribution in [0.4, 0.5) is 9.93 Å². The average Bonchev–Trinajstić information content (AvgIpc) is 2.91. The normalized spacial score (nSPS) is 19.7. The van der Waals surface area contributed by atoms with Gasteiger partial charge in [-0.3, -0.25) is 10.1 Å². The van der Waals surface area contributed by atoms with Crippen LogP contribution < -0.4 is 5.32 Å². The van der Waals surface area contributed by atoms with Crippen LogP contribution in [0.2, 0.25) is 0 Å². The lowest BCUT2D eigenvalue weighted by Crippen LogP contribution is -2.48. The molecule has 2 rings (SSSR count). The Labute approximate surface area is 121 Å². The van der Waals surface area contributed by atoms with Gasteiger partial charge in [0.25, 0.3) is 0 Å². The third kappa shape index (κ3) is 3.09. The van der Waals surface area contributed by atoms with Crippen molar-refractivity contribution in [2.75, 3.05) is 18.4 Å². The Balaban J connectivity index is 2.00. The van der Waals surface area contributed by atoms with E-state index in [0.717, 1.165) is 12.8 Å². The van der Waals surface area contributed by atoms with Gasteiger partial charge >= 0.3 is 12.0 Å². The van der Waals surface area contributed by atoms with Gasteiger partial charge in [-0.1, -0.05) is 0 Å². The molecule has 0 saturated carbocycles. The molecule has 0 aliphatic carbocycles. The fraction of sp³-hybridized carbons (Fsp3) is 0.615. The van der Waals surface area contributed by atoms with Crippen LogP contribution in [0.1, 0.15) is 26.7 Å². The van der Waals surface area contributed by atoms with E-state index in [-0.39, 0.29) is 11.9 Å². The lowest BCUT2D eigenvalue weighted by Gasteiger charge is -2.39. The van der Waals surface area contributed by atoms with Gasteiger partial charge in [0.1, 0.15) is 0 Å². The summed E-state index contributed by atoms with van der Waals surface area (Å²) in [5, 5.41) is 14.4. The van der Waals surface area contributed by atoms with Gasteiger partial charge in [-0.25, -0.2) is 9.78 Å². The topological polar surface area (TPSA) is 82.5 Å². The van der Waals surface area contributed by atoms with Gasteiger partial charge in [0.15, 0.2) is 5.13 Å². The molecule has 0 aromatic carbocycles. The molecule has 2 amide bonds. The predicted octanol–water partition coefficient (Wildman–Crippen LogP) is 2.50. The van der Waals surface area contributed by atoms with Crippen LogP contribution in [0, 0.1) is 11.3 Å². The molecule has 0 bridgehead atoms. The van der Waals surface area contributed by atoms with Gasteiger partial charge in [-0.05, 0) is 32.6 Å². The van der Waals surface area contributed by atoms with Crippen molar-refractivity contribution in [1.82, 2.24) is 9.88 Å². The van der Waals surface area contributed by atoms with E-state index in [4.69, 9.17) is 0 Å². The maximum atomic E-state index is 12.1. The first-order valence-electron chi connectivity index (χ1n) is 6.60. The van der Waals surface area contributed by atoms with Crippen LogP contribution in [-0.4, -0.2) is 40.1 Å². The number of aliphatic carboxylic acids is 1. The molecule has 1 saturated heterocycles. The zero-order valence-electron chi connectivity index (χ0n) is 11.6. The quantitative estimate of drug-likeness (QED) is 0.898. The summed E-state index contributed by atoms with van der Waals surface area (Å²) < 4.78 is 0. The summed E-state index contributed by atoms with van der Waals surface area (Å²) in [6, 6.07) is -0.203. The summed E-state index contributed by atoms with van der Waals surface area (Å²) in [6.07, 6.45) is 3.29. The Bertz CT molecular complexity index is 487. The fourth-order valence-electron chi connectivity index (χ4n) is 2.38. The Hall–Kier alpha value is -1.63. The number of carbonyl (C=O) groups excluding carboxylic acids is 1. The molecule has 1 aliphatic rings. The molecule has 1 unspecified atom stereocenters. The molecule has 0 spiro atoms. The second kappa shape index (κ2) is 5.78. The van der Waals surface area contributed by atoms with Crippen molar-refractivity contribution in [1.29, 1.82) is 0 Å².